The SMILES string of the molecule is CCNCc1cc(F)c(OCc2ccc(I)cc2)c(F)c1. The van der Waals surface area contributed by atoms with Crippen molar-refractivity contribution in [1.82, 2.24) is 5.32 Å². The first kappa shape index (κ1) is 16.2. The number of nitrogens with one attached hydrogen (secondary N) is 1. The molecule has 0 aliphatic heterocycles. The molecule has 0 radical (unpaired) electrons. The zero-order valence-electron chi connectivity index (χ0n) is 11.6. The lowest BCUT2D eigenvalue weighted by molar-refractivity contribution is 0.273. The fourth-order valence-electron chi connectivity index (χ4n) is 1.86. The van der Waals surface area contributed by atoms with E-state index in [0.29, 0.717) is 12.1 Å². The highest BCUT2D eigenvalue weighted by atomic mass is 127. The van der Waals surface area contributed by atoms with Crippen LogP contribution in [-0.4, -0.2) is 6.54 Å². The van der Waals surface area contributed by atoms with E-state index in [2.05, 4.69) is 27.9 Å². The Morgan fingerprint density at radius 1 is 1.05 bits per heavy atom. The Labute approximate surface area is 136 Å². The van der Waals surface area contributed by atoms with Crippen LogP contribution in [0, 0.1) is 15.2 Å². The molecule has 2 rings (SSSR count). The van der Waals surface area contributed by atoms with Gasteiger partial charge in [0, 0.05) is 10.1 Å². The molecule has 0 heterocycles. The number of ether oxygens (including phenoxy) is 1. The summed E-state index contributed by atoms with van der Waals surface area (Å²) in [6.07, 6.45) is 0. The zero-order valence-corrected chi connectivity index (χ0v) is 13.8. The van der Waals surface area contributed by atoms with Crippen molar-refractivity contribution in [1.29, 1.82) is 0 Å². The van der Waals surface area contributed by atoms with E-state index in [9.17, 15) is 8.78 Å². The van der Waals surface area contributed by atoms with Crippen LogP contribution in [0.4, 0.5) is 8.78 Å². The van der Waals surface area contributed by atoms with Crippen molar-refractivity contribution in [3.05, 3.63) is 62.7 Å². The molecule has 112 valence electrons. The Bertz CT molecular complexity index is 579. The van der Waals surface area contributed by atoms with Gasteiger partial charge in [-0.15, -0.1) is 0 Å². The standard InChI is InChI=1S/C16H16F2INO/c1-2-20-9-12-7-14(17)16(15(18)8-12)21-10-11-3-5-13(19)6-4-11/h3-8,20H,2,9-10H2,1H3. The van der Waals surface area contributed by atoms with Gasteiger partial charge in [0.05, 0.1) is 0 Å². The van der Waals surface area contributed by atoms with Crippen molar-refractivity contribution >= 4 is 22.6 Å². The van der Waals surface area contributed by atoms with Crippen LogP contribution in [0.15, 0.2) is 36.4 Å². The van der Waals surface area contributed by atoms with Gasteiger partial charge in [0.1, 0.15) is 6.61 Å². The monoisotopic (exact) mass is 403 g/mol. The topological polar surface area (TPSA) is 21.3 Å². The van der Waals surface area contributed by atoms with E-state index in [1.807, 2.05) is 31.2 Å². The second kappa shape index (κ2) is 7.70. The van der Waals surface area contributed by atoms with Crippen LogP contribution in [0.25, 0.3) is 0 Å². The fraction of sp³-hybridized carbons (Fsp3) is 0.250. The minimum Gasteiger partial charge on any atom is -0.483 e. The van der Waals surface area contributed by atoms with E-state index in [-0.39, 0.29) is 12.4 Å². The van der Waals surface area contributed by atoms with Gasteiger partial charge in [0.2, 0.25) is 0 Å². The van der Waals surface area contributed by atoms with Gasteiger partial charge in [-0.2, -0.15) is 0 Å². The normalized spacial score (nSPS) is 10.7. The Morgan fingerprint density at radius 2 is 1.67 bits per heavy atom. The molecule has 0 aliphatic carbocycles. The third-order valence-electron chi connectivity index (χ3n) is 2.93. The first-order valence-electron chi connectivity index (χ1n) is 6.66. The second-order valence-corrected chi connectivity index (χ2v) is 5.83. The maximum absolute atomic E-state index is 13.9. The zero-order chi connectivity index (χ0) is 15.2. The lowest BCUT2D eigenvalue weighted by atomic mass is 10.2. The van der Waals surface area contributed by atoms with Gasteiger partial charge in [-0.25, -0.2) is 8.78 Å². The molecule has 21 heavy (non-hydrogen) atoms. The third kappa shape index (κ3) is 4.64. The predicted molar refractivity (Wildman–Crippen MR) is 87.2 cm³/mol. The average Bonchev–Trinajstić information content (AvgIpc) is 2.46. The molecule has 2 nitrogen and oxygen atoms in total. The van der Waals surface area contributed by atoms with Gasteiger partial charge in [-0.05, 0) is 64.5 Å². The van der Waals surface area contributed by atoms with E-state index < -0.39 is 11.6 Å². The second-order valence-electron chi connectivity index (χ2n) is 4.58. The van der Waals surface area contributed by atoms with Gasteiger partial charge in [-0.1, -0.05) is 19.1 Å². The van der Waals surface area contributed by atoms with Crippen LogP contribution in [0.5, 0.6) is 5.75 Å². The smallest absolute Gasteiger partial charge is 0.191 e. The summed E-state index contributed by atoms with van der Waals surface area (Å²) in [7, 11) is 0. The number of rotatable bonds is 6. The molecule has 0 amide bonds. The summed E-state index contributed by atoms with van der Waals surface area (Å²) in [5.74, 6) is -1.67. The molecule has 2 aromatic carbocycles. The number of hydrogen-bond donors (Lipinski definition) is 1. The Morgan fingerprint density at radius 3 is 2.24 bits per heavy atom. The Hall–Kier alpha value is -1.21. The van der Waals surface area contributed by atoms with Crippen molar-refractivity contribution in [2.24, 2.45) is 0 Å². The molecule has 0 saturated heterocycles. The van der Waals surface area contributed by atoms with E-state index in [4.69, 9.17) is 4.74 Å². The molecule has 2 aromatic rings. The van der Waals surface area contributed by atoms with E-state index in [1.54, 1.807) is 0 Å². The first-order chi connectivity index (χ1) is 10.1. The van der Waals surface area contributed by atoms with E-state index >= 15 is 0 Å². The van der Waals surface area contributed by atoms with Crippen molar-refractivity contribution in [2.75, 3.05) is 6.54 Å². The average molecular weight is 403 g/mol. The molecular weight excluding hydrogens is 387 g/mol. The largest absolute Gasteiger partial charge is 0.483 e. The Kier molecular flexibility index (Phi) is 5.93. The molecule has 0 bridgehead atoms. The van der Waals surface area contributed by atoms with Crippen molar-refractivity contribution < 1.29 is 13.5 Å². The molecule has 5 heteroatoms. The highest BCUT2D eigenvalue weighted by Crippen LogP contribution is 2.24. The van der Waals surface area contributed by atoms with Crippen molar-refractivity contribution in [3.8, 4) is 5.75 Å². The van der Waals surface area contributed by atoms with Crippen molar-refractivity contribution in [3.63, 3.8) is 0 Å². The van der Waals surface area contributed by atoms with Crippen LogP contribution in [0.3, 0.4) is 0 Å². The summed E-state index contributed by atoms with van der Waals surface area (Å²) < 4.78 is 34.2. The van der Waals surface area contributed by atoms with Crippen LogP contribution in [0.1, 0.15) is 18.1 Å². The lowest BCUT2D eigenvalue weighted by Crippen LogP contribution is -2.12. The summed E-state index contributed by atoms with van der Waals surface area (Å²) in [4.78, 5) is 0. The minimum atomic E-state index is -0.673. The molecule has 0 aromatic heterocycles. The molecule has 0 atom stereocenters. The maximum atomic E-state index is 13.9. The van der Waals surface area contributed by atoms with E-state index in [1.165, 1.54) is 12.1 Å². The third-order valence-corrected chi connectivity index (χ3v) is 3.65. The van der Waals surface area contributed by atoms with Crippen molar-refractivity contribution in [2.45, 2.75) is 20.1 Å². The van der Waals surface area contributed by atoms with E-state index in [0.717, 1.165) is 15.7 Å². The first-order valence-corrected chi connectivity index (χ1v) is 7.74. The van der Waals surface area contributed by atoms with Gasteiger partial charge in [0.15, 0.2) is 17.4 Å². The molecule has 0 fully saturated rings. The quantitative estimate of drug-likeness (QED) is 0.728. The summed E-state index contributed by atoms with van der Waals surface area (Å²) in [6.45, 7) is 3.25. The highest BCUT2D eigenvalue weighted by Gasteiger charge is 2.12. The number of hydrogen-bond acceptors (Lipinski definition) is 2. The summed E-state index contributed by atoms with van der Waals surface area (Å²) in [5, 5.41) is 3.03. The van der Waals surface area contributed by atoms with Crippen LogP contribution in [-0.2, 0) is 13.2 Å². The van der Waals surface area contributed by atoms with Crippen LogP contribution in [0.2, 0.25) is 0 Å². The van der Waals surface area contributed by atoms with Gasteiger partial charge in [-0.3, -0.25) is 0 Å². The fourth-order valence-corrected chi connectivity index (χ4v) is 2.22. The predicted octanol–water partition coefficient (Wildman–Crippen LogP) is 4.26. The van der Waals surface area contributed by atoms with Crippen LogP contribution >= 0.6 is 22.6 Å². The molecule has 0 aliphatic rings. The molecule has 0 unspecified atom stereocenters. The minimum absolute atomic E-state index is 0.136. The highest BCUT2D eigenvalue weighted by molar-refractivity contribution is 14.1. The maximum Gasteiger partial charge on any atom is 0.191 e. The summed E-state index contributed by atoms with van der Waals surface area (Å²) in [5.41, 5.74) is 1.43. The van der Waals surface area contributed by atoms with Gasteiger partial charge < -0.3 is 10.1 Å². The summed E-state index contributed by atoms with van der Waals surface area (Å²) in [6, 6.07) is 10.2. The number of halogens is 3. The molecule has 1 N–H and O–H groups in total. The van der Waals surface area contributed by atoms with Gasteiger partial charge >= 0.3 is 0 Å². The lowest BCUT2D eigenvalue weighted by Gasteiger charge is -2.10. The molecular formula is C16H16F2INO. The van der Waals surface area contributed by atoms with Crippen LogP contribution < -0.4 is 10.1 Å². The summed E-state index contributed by atoms with van der Waals surface area (Å²) >= 11 is 2.19. The molecule has 0 saturated carbocycles. The number of benzene rings is 2. The molecule has 0 spiro atoms. The van der Waals surface area contributed by atoms with Gasteiger partial charge in [0.25, 0.3) is 0 Å². The Balaban J connectivity index is 2.07.